The molecule has 5 nitrogen and oxygen atoms in total. The molecule has 0 heterocycles. The summed E-state index contributed by atoms with van der Waals surface area (Å²) in [7, 11) is 1.51. The van der Waals surface area contributed by atoms with Crippen LogP contribution in [-0.4, -0.2) is 25.5 Å². The molecular weight excluding hydrogens is 244 g/mol. The second kappa shape index (κ2) is 6.10. The predicted octanol–water partition coefficient (Wildman–Crippen LogP) is 1.22. The number of nitrogens with two attached hydrogens (primary N) is 1. The lowest BCUT2D eigenvalue weighted by Crippen LogP contribution is -2.20. The molecule has 0 spiro atoms. The number of hydrogen-bond donors (Lipinski definition) is 2. The van der Waals surface area contributed by atoms with E-state index in [-0.39, 0.29) is 29.5 Å². The summed E-state index contributed by atoms with van der Waals surface area (Å²) in [5.41, 5.74) is 6.20. The van der Waals surface area contributed by atoms with Crippen LogP contribution in [0.4, 0.5) is 5.69 Å². The quantitative estimate of drug-likeness (QED) is 0.627. The SMILES string of the molecule is CNC(=O)CCOC(=O)c1ccc(N)cc1Cl. The van der Waals surface area contributed by atoms with Gasteiger partial charge in [-0.05, 0) is 18.2 Å². The first-order valence-corrected chi connectivity index (χ1v) is 5.35. The predicted molar refractivity (Wildman–Crippen MR) is 64.8 cm³/mol. The van der Waals surface area contributed by atoms with E-state index in [4.69, 9.17) is 22.1 Å². The molecule has 0 aliphatic heterocycles. The van der Waals surface area contributed by atoms with Crippen molar-refractivity contribution in [3.63, 3.8) is 0 Å². The first kappa shape index (κ1) is 13.3. The third-order valence-corrected chi connectivity index (χ3v) is 2.37. The van der Waals surface area contributed by atoms with Crippen LogP contribution in [0.5, 0.6) is 0 Å². The molecule has 0 aliphatic rings. The van der Waals surface area contributed by atoms with Crippen molar-refractivity contribution in [2.24, 2.45) is 0 Å². The van der Waals surface area contributed by atoms with E-state index in [0.29, 0.717) is 5.69 Å². The van der Waals surface area contributed by atoms with Crippen LogP contribution < -0.4 is 11.1 Å². The number of carbonyl (C=O) groups is 2. The van der Waals surface area contributed by atoms with Crippen molar-refractivity contribution < 1.29 is 14.3 Å². The highest BCUT2D eigenvalue weighted by Gasteiger charge is 2.12. The molecule has 17 heavy (non-hydrogen) atoms. The van der Waals surface area contributed by atoms with Crippen LogP contribution in [0.2, 0.25) is 5.02 Å². The smallest absolute Gasteiger partial charge is 0.339 e. The average Bonchev–Trinajstić information content (AvgIpc) is 2.28. The molecule has 0 saturated heterocycles. The van der Waals surface area contributed by atoms with Crippen LogP contribution in [0.25, 0.3) is 0 Å². The zero-order chi connectivity index (χ0) is 12.8. The summed E-state index contributed by atoms with van der Waals surface area (Å²) < 4.78 is 4.90. The molecule has 1 rings (SSSR count). The van der Waals surface area contributed by atoms with Gasteiger partial charge in [0.1, 0.15) is 6.61 Å². The highest BCUT2D eigenvalue weighted by molar-refractivity contribution is 6.33. The van der Waals surface area contributed by atoms with Gasteiger partial charge in [-0.3, -0.25) is 4.79 Å². The van der Waals surface area contributed by atoms with Gasteiger partial charge in [-0.1, -0.05) is 11.6 Å². The summed E-state index contributed by atoms with van der Waals surface area (Å²) in [5, 5.41) is 2.66. The summed E-state index contributed by atoms with van der Waals surface area (Å²) in [6, 6.07) is 4.51. The van der Waals surface area contributed by atoms with Gasteiger partial charge in [0.05, 0.1) is 17.0 Å². The lowest BCUT2D eigenvalue weighted by molar-refractivity contribution is -0.121. The van der Waals surface area contributed by atoms with E-state index < -0.39 is 5.97 Å². The Morgan fingerprint density at radius 3 is 2.76 bits per heavy atom. The maximum absolute atomic E-state index is 11.6. The minimum atomic E-state index is -0.570. The molecule has 0 bridgehead atoms. The van der Waals surface area contributed by atoms with Crippen molar-refractivity contribution in [1.29, 1.82) is 0 Å². The van der Waals surface area contributed by atoms with Crippen LogP contribution in [0, 0.1) is 0 Å². The van der Waals surface area contributed by atoms with Crippen molar-refractivity contribution in [3.05, 3.63) is 28.8 Å². The Morgan fingerprint density at radius 2 is 2.18 bits per heavy atom. The summed E-state index contributed by atoms with van der Waals surface area (Å²) in [6.07, 6.45) is 0.120. The second-order valence-corrected chi connectivity index (χ2v) is 3.71. The van der Waals surface area contributed by atoms with Crippen molar-refractivity contribution in [1.82, 2.24) is 5.32 Å². The fourth-order valence-electron chi connectivity index (χ4n) is 1.14. The van der Waals surface area contributed by atoms with Crippen LogP contribution in [0.15, 0.2) is 18.2 Å². The molecule has 0 aliphatic carbocycles. The number of esters is 1. The van der Waals surface area contributed by atoms with Gasteiger partial charge in [-0.2, -0.15) is 0 Å². The molecule has 1 aromatic rings. The van der Waals surface area contributed by atoms with Gasteiger partial charge < -0.3 is 15.8 Å². The Balaban J connectivity index is 2.55. The molecule has 6 heteroatoms. The van der Waals surface area contributed by atoms with Gasteiger partial charge in [0, 0.05) is 12.7 Å². The Kier molecular flexibility index (Phi) is 4.78. The number of ether oxygens (including phenoxy) is 1. The number of hydrogen-bond acceptors (Lipinski definition) is 4. The highest BCUT2D eigenvalue weighted by atomic mass is 35.5. The maximum Gasteiger partial charge on any atom is 0.339 e. The molecule has 3 N–H and O–H groups in total. The third kappa shape index (κ3) is 3.96. The van der Waals surface area contributed by atoms with Crippen molar-refractivity contribution in [2.75, 3.05) is 19.4 Å². The Morgan fingerprint density at radius 1 is 1.47 bits per heavy atom. The first-order chi connectivity index (χ1) is 8.04. The summed E-state index contributed by atoms with van der Waals surface area (Å²) in [6.45, 7) is 0.0131. The van der Waals surface area contributed by atoms with E-state index in [1.54, 1.807) is 6.07 Å². The molecule has 0 unspecified atom stereocenters. The second-order valence-electron chi connectivity index (χ2n) is 3.30. The van der Waals surface area contributed by atoms with Gasteiger partial charge in [0.2, 0.25) is 5.91 Å². The van der Waals surface area contributed by atoms with Crippen LogP contribution in [-0.2, 0) is 9.53 Å². The van der Waals surface area contributed by atoms with E-state index in [1.165, 1.54) is 19.2 Å². The monoisotopic (exact) mass is 256 g/mol. The molecule has 92 valence electrons. The standard InChI is InChI=1S/C11H13ClN2O3/c1-14-10(15)4-5-17-11(16)8-3-2-7(13)6-9(8)12/h2-3,6H,4-5,13H2,1H3,(H,14,15). The van der Waals surface area contributed by atoms with Crippen LogP contribution in [0.3, 0.4) is 0 Å². The lowest BCUT2D eigenvalue weighted by atomic mass is 10.2. The van der Waals surface area contributed by atoms with Crippen molar-refractivity contribution in [2.45, 2.75) is 6.42 Å². The number of halogens is 1. The Hall–Kier alpha value is -1.75. The van der Waals surface area contributed by atoms with Crippen molar-refractivity contribution in [3.8, 4) is 0 Å². The van der Waals surface area contributed by atoms with E-state index in [2.05, 4.69) is 5.32 Å². The summed E-state index contributed by atoms with van der Waals surface area (Å²) in [5.74, 6) is -0.764. The number of anilines is 1. The number of rotatable bonds is 4. The molecule has 1 amide bonds. The normalized spacial score (nSPS) is 9.76. The van der Waals surface area contributed by atoms with E-state index in [1.807, 2.05) is 0 Å². The fraction of sp³-hybridized carbons (Fsp3) is 0.273. The number of carbonyl (C=O) groups excluding carboxylic acids is 2. The lowest BCUT2D eigenvalue weighted by Gasteiger charge is -2.06. The number of amides is 1. The molecular formula is C11H13ClN2O3. The van der Waals surface area contributed by atoms with Crippen LogP contribution >= 0.6 is 11.6 Å². The maximum atomic E-state index is 11.6. The highest BCUT2D eigenvalue weighted by Crippen LogP contribution is 2.19. The fourth-order valence-corrected chi connectivity index (χ4v) is 1.40. The van der Waals surface area contributed by atoms with Gasteiger partial charge in [-0.15, -0.1) is 0 Å². The molecule has 1 aromatic carbocycles. The summed E-state index contributed by atoms with van der Waals surface area (Å²) >= 11 is 5.83. The Bertz CT molecular complexity index is 435. The minimum absolute atomic E-state index is 0.0131. The van der Waals surface area contributed by atoms with E-state index in [9.17, 15) is 9.59 Å². The van der Waals surface area contributed by atoms with E-state index in [0.717, 1.165) is 0 Å². The average molecular weight is 257 g/mol. The molecule has 0 fully saturated rings. The summed E-state index contributed by atoms with van der Waals surface area (Å²) in [4.78, 5) is 22.5. The topological polar surface area (TPSA) is 81.4 Å². The third-order valence-electron chi connectivity index (χ3n) is 2.05. The van der Waals surface area contributed by atoms with Crippen LogP contribution in [0.1, 0.15) is 16.8 Å². The zero-order valence-electron chi connectivity index (χ0n) is 9.33. The van der Waals surface area contributed by atoms with Gasteiger partial charge in [0.15, 0.2) is 0 Å². The molecule has 0 saturated carbocycles. The van der Waals surface area contributed by atoms with Gasteiger partial charge in [-0.25, -0.2) is 4.79 Å². The van der Waals surface area contributed by atoms with Gasteiger partial charge >= 0.3 is 5.97 Å². The van der Waals surface area contributed by atoms with Crippen molar-refractivity contribution >= 4 is 29.2 Å². The Labute approximate surface area is 104 Å². The number of nitrogens with one attached hydrogen (secondary N) is 1. The molecule has 0 aromatic heterocycles. The minimum Gasteiger partial charge on any atom is -0.462 e. The zero-order valence-corrected chi connectivity index (χ0v) is 10.1. The molecule has 0 atom stereocenters. The number of benzene rings is 1. The number of nitrogen functional groups attached to an aromatic ring is 1. The first-order valence-electron chi connectivity index (χ1n) is 4.97. The molecule has 0 radical (unpaired) electrons. The largest absolute Gasteiger partial charge is 0.462 e. The van der Waals surface area contributed by atoms with E-state index >= 15 is 0 Å². The van der Waals surface area contributed by atoms with Gasteiger partial charge in [0.25, 0.3) is 0 Å².